The Labute approximate surface area is 107 Å². The van der Waals surface area contributed by atoms with Crippen molar-refractivity contribution < 1.29 is 9.84 Å². The van der Waals surface area contributed by atoms with E-state index in [9.17, 15) is 9.59 Å². The molecular weight excluding hydrogens is 254 g/mol. The van der Waals surface area contributed by atoms with Crippen molar-refractivity contribution in [2.75, 3.05) is 6.61 Å². The number of azide groups is 1. The van der Waals surface area contributed by atoms with Crippen LogP contribution in [0.4, 0.5) is 0 Å². The van der Waals surface area contributed by atoms with Gasteiger partial charge in [0.25, 0.3) is 5.56 Å². The summed E-state index contributed by atoms with van der Waals surface area (Å²) < 4.78 is 6.64. The Balaban J connectivity index is 2.44. The number of aliphatic hydroxyl groups excluding tert-OH is 1. The second kappa shape index (κ2) is 5.27. The van der Waals surface area contributed by atoms with Crippen LogP contribution in [0.2, 0.25) is 0 Å². The molecule has 0 amide bonds. The Morgan fingerprint density at radius 2 is 2.42 bits per heavy atom. The van der Waals surface area contributed by atoms with Crippen LogP contribution < -0.4 is 11.2 Å². The molecule has 19 heavy (non-hydrogen) atoms. The number of aromatic nitrogens is 2. The minimum atomic E-state index is -0.823. The molecule has 102 valence electrons. The summed E-state index contributed by atoms with van der Waals surface area (Å²) in [6, 6.07) is -0.606. The van der Waals surface area contributed by atoms with E-state index in [-0.39, 0.29) is 6.61 Å². The number of H-pyrrole nitrogens is 1. The largest absolute Gasteiger partial charge is 0.394 e. The highest BCUT2D eigenvalue weighted by atomic mass is 16.5. The zero-order valence-electron chi connectivity index (χ0n) is 10.2. The fourth-order valence-electron chi connectivity index (χ4n) is 2.04. The van der Waals surface area contributed by atoms with Crippen molar-refractivity contribution in [1.82, 2.24) is 9.55 Å². The molecule has 2 N–H and O–H groups in total. The molecule has 9 nitrogen and oxygen atoms in total. The number of rotatable bonds is 3. The zero-order chi connectivity index (χ0) is 14.0. The normalized spacial score (nSPS) is 26.1. The first-order valence-corrected chi connectivity index (χ1v) is 5.69. The third-order valence-corrected chi connectivity index (χ3v) is 2.99. The number of nitrogens with one attached hydrogen (secondary N) is 1. The summed E-state index contributed by atoms with van der Waals surface area (Å²) in [5.41, 5.74) is 7.74. The van der Waals surface area contributed by atoms with Crippen molar-refractivity contribution in [3.05, 3.63) is 43.0 Å². The van der Waals surface area contributed by atoms with Crippen molar-refractivity contribution in [3.8, 4) is 0 Å². The highest BCUT2D eigenvalue weighted by molar-refractivity contribution is 5.02. The average molecular weight is 267 g/mol. The number of nitrogens with zero attached hydrogens (tertiary/aromatic N) is 4. The van der Waals surface area contributed by atoms with Crippen LogP contribution in [-0.4, -0.2) is 33.4 Å². The second-order valence-corrected chi connectivity index (χ2v) is 4.32. The maximum atomic E-state index is 11.8. The second-order valence-electron chi connectivity index (χ2n) is 4.32. The van der Waals surface area contributed by atoms with Gasteiger partial charge in [0.2, 0.25) is 0 Å². The molecule has 0 bridgehead atoms. The summed E-state index contributed by atoms with van der Waals surface area (Å²) in [6.45, 7) is 1.32. The van der Waals surface area contributed by atoms with Gasteiger partial charge in [-0.2, -0.15) is 0 Å². The molecule has 0 unspecified atom stereocenters. The number of ether oxygens (including phenoxy) is 1. The quantitative estimate of drug-likeness (QED) is 0.445. The Morgan fingerprint density at radius 1 is 1.68 bits per heavy atom. The molecule has 0 saturated carbocycles. The lowest BCUT2D eigenvalue weighted by molar-refractivity contribution is -0.0280. The average Bonchev–Trinajstić information content (AvgIpc) is 2.77. The molecule has 1 aliphatic rings. The van der Waals surface area contributed by atoms with E-state index in [0.29, 0.717) is 12.0 Å². The minimum absolute atomic E-state index is 0.231. The van der Waals surface area contributed by atoms with E-state index in [1.807, 2.05) is 0 Å². The van der Waals surface area contributed by atoms with Gasteiger partial charge in [-0.3, -0.25) is 14.3 Å². The van der Waals surface area contributed by atoms with E-state index in [2.05, 4.69) is 15.0 Å². The number of aryl methyl sites for hydroxylation is 1. The highest BCUT2D eigenvalue weighted by Gasteiger charge is 2.36. The molecule has 1 aromatic heterocycles. The molecular formula is C10H13N5O4. The predicted molar refractivity (Wildman–Crippen MR) is 64.6 cm³/mol. The van der Waals surface area contributed by atoms with Gasteiger partial charge in [0.1, 0.15) is 6.23 Å². The molecule has 0 radical (unpaired) electrons. The van der Waals surface area contributed by atoms with Gasteiger partial charge in [0.05, 0.1) is 18.8 Å². The molecule has 0 aliphatic carbocycles. The van der Waals surface area contributed by atoms with Gasteiger partial charge in [0.15, 0.2) is 0 Å². The standard InChI is InChI=1S/C10H13N5O4/c1-5-3-15(10(18)12-8(5)17)9-7(13-14-11)2-6(4-16)19-9/h3,6-7,9,16H,2,4H2,1H3,(H,12,17,18)/t6-,7-,9+/m0/s1. The van der Waals surface area contributed by atoms with Crippen molar-refractivity contribution in [2.24, 2.45) is 5.11 Å². The van der Waals surface area contributed by atoms with E-state index in [1.54, 1.807) is 6.92 Å². The summed E-state index contributed by atoms with van der Waals surface area (Å²) >= 11 is 0. The molecule has 1 aromatic rings. The molecule has 3 atom stereocenters. The van der Waals surface area contributed by atoms with Gasteiger partial charge in [-0.15, -0.1) is 0 Å². The molecule has 2 rings (SSSR count). The van der Waals surface area contributed by atoms with E-state index in [4.69, 9.17) is 15.4 Å². The van der Waals surface area contributed by atoms with Crippen LogP contribution in [0, 0.1) is 6.92 Å². The lowest BCUT2D eigenvalue weighted by atomic mass is 10.1. The van der Waals surface area contributed by atoms with Gasteiger partial charge < -0.3 is 9.84 Å². The number of hydrogen-bond acceptors (Lipinski definition) is 5. The SMILES string of the molecule is Cc1cn([C@@H]2O[C@H](CO)C[C@@H]2N=[N+]=[N-])c(=O)[nH]c1=O. The number of hydrogen-bond donors (Lipinski definition) is 2. The lowest BCUT2D eigenvalue weighted by Gasteiger charge is -2.17. The van der Waals surface area contributed by atoms with Crippen molar-refractivity contribution in [1.29, 1.82) is 0 Å². The highest BCUT2D eigenvalue weighted by Crippen LogP contribution is 2.30. The van der Waals surface area contributed by atoms with Crippen LogP contribution in [0.5, 0.6) is 0 Å². The van der Waals surface area contributed by atoms with Crippen LogP contribution in [0.1, 0.15) is 18.2 Å². The molecule has 9 heteroatoms. The predicted octanol–water partition coefficient (Wildman–Crippen LogP) is -0.196. The summed E-state index contributed by atoms with van der Waals surface area (Å²) in [7, 11) is 0. The van der Waals surface area contributed by atoms with E-state index in [0.717, 1.165) is 0 Å². The Hall–Kier alpha value is -2.09. The maximum absolute atomic E-state index is 11.8. The summed E-state index contributed by atoms with van der Waals surface area (Å²) in [4.78, 5) is 27.9. The van der Waals surface area contributed by atoms with Crippen LogP contribution in [-0.2, 0) is 4.74 Å². The summed E-state index contributed by atoms with van der Waals surface area (Å²) in [5.74, 6) is 0. The molecule has 0 spiro atoms. The van der Waals surface area contributed by atoms with E-state index in [1.165, 1.54) is 10.8 Å². The lowest BCUT2D eigenvalue weighted by Crippen LogP contribution is -2.36. The fraction of sp³-hybridized carbons (Fsp3) is 0.600. The van der Waals surface area contributed by atoms with Crippen molar-refractivity contribution >= 4 is 0 Å². The Bertz CT molecular complexity index is 630. The van der Waals surface area contributed by atoms with Crippen LogP contribution in [0.25, 0.3) is 10.4 Å². The minimum Gasteiger partial charge on any atom is -0.394 e. The maximum Gasteiger partial charge on any atom is 0.330 e. The summed E-state index contributed by atoms with van der Waals surface area (Å²) in [5, 5.41) is 12.6. The number of aliphatic hydroxyl groups is 1. The first-order valence-electron chi connectivity index (χ1n) is 5.69. The topological polar surface area (TPSA) is 133 Å². The van der Waals surface area contributed by atoms with Crippen molar-refractivity contribution in [3.63, 3.8) is 0 Å². The van der Waals surface area contributed by atoms with Gasteiger partial charge in [-0.05, 0) is 18.9 Å². The monoisotopic (exact) mass is 267 g/mol. The Kier molecular flexibility index (Phi) is 3.70. The molecule has 1 fully saturated rings. The van der Waals surface area contributed by atoms with Gasteiger partial charge in [-0.1, -0.05) is 5.11 Å². The van der Waals surface area contributed by atoms with E-state index >= 15 is 0 Å². The first kappa shape index (κ1) is 13.3. The smallest absolute Gasteiger partial charge is 0.330 e. The summed E-state index contributed by atoms with van der Waals surface area (Å²) in [6.07, 6.45) is 0.345. The van der Waals surface area contributed by atoms with E-state index < -0.39 is 29.6 Å². The van der Waals surface area contributed by atoms with Gasteiger partial charge in [0, 0.05) is 16.7 Å². The van der Waals surface area contributed by atoms with Gasteiger partial charge in [-0.25, -0.2) is 4.79 Å². The van der Waals surface area contributed by atoms with Crippen molar-refractivity contribution in [2.45, 2.75) is 31.7 Å². The van der Waals surface area contributed by atoms with Crippen LogP contribution in [0.15, 0.2) is 20.9 Å². The number of aromatic amines is 1. The third kappa shape index (κ3) is 2.53. The molecule has 0 aromatic carbocycles. The van der Waals surface area contributed by atoms with Crippen LogP contribution >= 0.6 is 0 Å². The first-order chi connectivity index (χ1) is 9.06. The molecule has 1 aliphatic heterocycles. The fourth-order valence-corrected chi connectivity index (χ4v) is 2.04. The third-order valence-electron chi connectivity index (χ3n) is 2.99. The zero-order valence-corrected chi connectivity index (χ0v) is 10.2. The molecule has 2 heterocycles. The van der Waals surface area contributed by atoms with Crippen LogP contribution in [0.3, 0.4) is 0 Å². The Morgan fingerprint density at radius 3 is 3.05 bits per heavy atom. The molecule has 1 saturated heterocycles. The van der Waals surface area contributed by atoms with Gasteiger partial charge >= 0.3 is 5.69 Å².